The third-order valence-electron chi connectivity index (χ3n) is 4.46. The molecule has 0 aliphatic carbocycles. The molecule has 2 aromatic heterocycles. The molecule has 0 spiro atoms. The van der Waals surface area contributed by atoms with Crippen LogP contribution in [0.2, 0.25) is 0 Å². The zero-order valence-corrected chi connectivity index (χ0v) is 15.5. The van der Waals surface area contributed by atoms with Gasteiger partial charge in [0, 0.05) is 4.70 Å². The van der Waals surface area contributed by atoms with Gasteiger partial charge in [-0.3, -0.25) is 0 Å². The summed E-state index contributed by atoms with van der Waals surface area (Å²) in [6.45, 7) is 2.11. The first kappa shape index (κ1) is 14.9. The molecule has 2 nitrogen and oxygen atoms in total. The molecule has 0 N–H and O–H groups in total. The highest BCUT2D eigenvalue weighted by molar-refractivity contribution is 7.28. The predicted molar refractivity (Wildman–Crippen MR) is 109 cm³/mol. The van der Waals surface area contributed by atoms with Crippen LogP contribution in [0.5, 0.6) is 5.75 Å². The minimum Gasteiger partial charge on any atom is -0.497 e. The Kier molecular flexibility index (Phi) is 3.30. The molecule has 0 bridgehead atoms. The largest absolute Gasteiger partial charge is 0.497 e. The molecule has 0 saturated carbocycles. The molecular formula is C21H15NOS2. The molecule has 0 atom stereocenters. The lowest BCUT2D eigenvalue weighted by Gasteiger charge is -2.03. The Balaban J connectivity index is 1.71. The summed E-state index contributed by atoms with van der Waals surface area (Å²) in [5, 5.41) is 4.85. The number of fused-ring (bicyclic) bond motifs is 4. The molecule has 3 aromatic carbocycles. The number of ether oxygens (including phenoxy) is 1. The summed E-state index contributed by atoms with van der Waals surface area (Å²) < 4.78 is 7.90. The van der Waals surface area contributed by atoms with Gasteiger partial charge >= 0.3 is 0 Å². The fourth-order valence-electron chi connectivity index (χ4n) is 3.18. The fourth-order valence-corrected chi connectivity index (χ4v) is 5.37. The molecule has 5 aromatic rings. The van der Waals surface area contributed by atoms with Crippen LogP contribution in [0.1, 0.15) is 5.56 Å². The van der Waals surface area contributed by atoms with Gasteiger partial charge in [-0.15, -0.1) is 22.7 Å². The number of hydrogen-bond acceptors (Lipinski definition) is 4. The molecule has 0 fully saturated rings. The lowest BCUT2D eigenvalue weighted by molar-refractivity contribution is 0.415. The average Bonchev–Trinajstić information content (AvgIpc) is 3.24. The topological polar surface area (TPSA) is 22.1 Å². The lowest BCUT2D eigenvalue weighted by Crippen LogP contribution is -1.81. The van der Waals surface area contributed by atoms with E-state index in [0.717, 1.165) is 16.3 Å². The van der Waals surface area contributed by atoms with Crippen LogP contribution in [0, 0.1) is 6.92 Å². The third-order valence-corrected chi connectivity index (χ3v) is 6.85. The van der Waals surface area contributed by atoms with Crippen LogP contribution in [-0.2, 0) is 0 Å². The number of thiophene rings is 1. The van der Waals surface area contributed by atoms with Gasteiger partial charge in [0.25, 0.3) is 0 Å². The van der Waals surface area contributed by atoms with Crippen LogP contribution < -0.4 is 4.74 Å². The third kappa shape index (κ3) is 2.41. The normalized spacial score (nSPS) is 11.6. The Bertz CT molecular complexity index is 1250. The van der Waals surface area contributed by atoms with Crippen molar-refractivity contribution in [2.75, 3.05) is 7.11 Å². The highest BCUT2D eigenvalue weighted by Crippen LogP contribution is 2.41. The predicted octanol–water partition coefficient (Wildman–Crippen LogP) is 6.65. The number of benzene rings is 3. The van der Waals surface area contributed by atoms with Gasteiger partial charge in [0.1, 0.15) is 10.8 Å². The van der Waals surface area contributed by atoms with E-state index in [1.54, 1.807) is 18.4 Å². The lowest BCUT2D eigenvalue weighted by atomic mass is 10.1. The van der Waals surface area contributed by atoms with E-state index in [0.29, 0.717) is 0 Å². The summed E-state index contributed by atoms with van der Waals surface area (Å²) in [5.74, 6) is 0.894. The van der Waals surface area contributed by atoms with Crippen molar-refractivity contribution in [1.82, 2.24) is 4.98 Å². The van der Waals surface area contributed by atoms with Gasteiger partial charge in [-0.1, -0.05) is 18.2 Å². The first-order valence-electron chi connectivity index (χ1n) is 8.09. The van der Waals surface area contributed by atoms with Crippen LogP contribution in [0.25, 0.3) is 41.0 Å². The molecule has 4 heteroatoms. The standard InChI is InChI=1S/C21H15NOS2/c1-12-3-8-18-17(9-12)22-21(25-18)19-11-14-5-4-13-10-15(23-2)6-7-16(13)20(14)24-19/h3-11H,1-2H3. The molecular weight excluding hydrogens is 346 g/mol. The number of aromatic nitrogens is 1. The Hall–Kier alpha value is -2.43. The molecule has 2 heterocycles. The van der Waals surface area contributed by atoms with Crippen LogP contribution in [-0.4, -0.2) is 12.1 Å². The van der Waals surface area contributed by atoms with Gasteiger partial charge in [-0.25, -0.2) is 4.98 Å². The molecule has 0 saturated heterocycles. The fraction of sp³-hybridized carbons (Fsp3) is 0.0952. The van der Waals surface area contributed by atoms with Crippen LogP contribution in [0.3, 0.4) is 0 Å². The smallest absolute Gasteiger partial charge is 0.134 e. The molecule has 122 valence electrons. The van der Waals surface area contributed by atoms with E-state index in [1.807, 2.05) is 17.4 Å². The van der Waals surface area contributed by atoms with Crippen molar-refractivity contribution in [3.8, 4) is 15.6 Å². The van der Waals surface area contributed by atoms with Crippen molar-refractivity contribution in [1.29, 1.82) is 0 Å². The summed E-state index contributed by atoms with van der Waals surface area (Å²) in [6, 6.07) is 19.4. The summed E-state index contributed by atoms with van der Waals surface area (Å²) in [4.78, 5) is 6.09. The highest BCUT2D eigenvalue weighted by Gasteiger charge is 2.12. The van der Waals surface area contributed by atoms with Gasteiger partial charge < -0.3 is 4.74 Å². The number of methoxy groups -OCH3 is 1. The number of hydrogen-bond donors (Lipinski definition) is 0. The first-order chi connectivity index (χ1) is 12.2. The van der Waals surface area contributed by atoms with E-state index in [9.17, 15) is 0 Å². The van der Waals surface area contributed by atoms with E-state index < -0.39 is 0 Å². The summed E-state index contributed by atoms with van der Waals surface area (Å²) in [5.41, 5.74) is 2.34. The van der Waals surface area contributed by atoms with Crippen molar-refractivity contribution in [2.24, 2.45) is 0 Å². The Morgan fingerprint density at radius 1 is 0.880 bits per heavy atom. The van der Waals surface area contributed by atoms with Gasteiger partial charge in [-0.2, -0.15) is 0 Å². The van der Waals surface area contributed by atoms with E-state index in [-0.39, 0.29) is 0 Å². The minimum absolute atomic E-state index is 0.894. The van der Waals surface area contributed by atoms with Crippen LogP contribution in [0.15, 0.2) is 54.6 Å². The monoisotopic (exact) mass is 361 g/mol. The minimum atomic E-state index is 0.894. The second-order valence-electron chi connectivity index (χ2n) is 6.17. The van der Waals surface area contributed by atoms with E-state index >= 15 is 0 Å². The highest BCUT2D eigenvalue weighted by atomic mass is 32.1. The van der Waals surface area contributed by atoms with Gasteiger partial charge in [0.15, 0.2) is 0 Å². The maximum Gasteiger partial charge on any atom is 0.134 e. The van der Waals surface area contributed by atoms with Crippen LogP contribution in [0.4, 0.5) is 0 Å². The molecule has 0 aliphatic heterocycles. The Morgan fingerprint density at radius 3 is 2.64 bits per heavy atom. The average molecular weight is 361 g/mol. The molecule has 0 amide bonds. The SMILES string of the molecule is COc1ccc2c(ccc3cc(-c4nc5cc(C)ccc5s4)sc32)c1. The van der Waals surface area contributed by atoms with Gasteiger partial charge in [-0.05, 0) is 65.0 Å². The number of thiazole rings is 1. The molecule has 0 radical (unpaired) electrons. The zero-order chi connectivity index (χ0) is 17.0. The maximum atomic E-state index is 5.35. The summed E-state index contributed by atoms with van der Waals surface area (Å²) in [7, 11) is 1.71. The van der Waals surface area contributed by atoms with Gasteiger partial charge in [0.05, 0.1) is 22.2 Å². The van der Waals surface area contributed by atoms with E-state index in [1.165, 1.54) is 36.0 Å². The quantitative estimate of drug-likeness (QED) is 0.351. The number of aryl methyl sites for hydroxylation is 1. The Labute approximate surface area is 153 Å². The van der Waals surface area contributed by atoms with E-state index in [4.69, 9.17) is 9.72 Å². The van der Waals surface area contributed by atoms with Crippen molar-refractivity contribution < 1.29 is 4.74 Å². The van der Waals surface area contributed by atoms with Gasteiger partial charge in [0.2, 0.25) is 0 Å². The molecule has 0 aliphatic rings. The summed E-state index contributed by atoms with van der Waals surface area (Å²) >= 11 is 3.58. The molecule has 0 unspecified atom stereocenters. The second-order valence-corrected chi connectivity index (χ2v) is 8.25. The van der Waals surface area contributed by atoms with Crippen LogP contribution >= 0.6 is 22.7 Å². The van der Waals surface area contributed by atoms with Crippen molar-refractivity contribution in [3.63, 3.8) is 0 Å². The van der Waals surface area contributed by atoms with Crippen molar-refractivity contribution in [2.45, 2.75) is 6.92 Å². The second kappa shape index (κ2) is 5.55. The maximum absolute atomic E-state index is 5.35. The zero-order valence-electron chi connectivity index (χ0n) is 13.9. The summed E-state index contributed by atoms with van der Waals surface area (Å²) in [6.07, 6.45) is 0. The van der Waals surface area contributed by atoms with Crippen molar-refractivity contribution >= 4 is 53.7 Å². The number of nitrogens with zero attached hydrogens (tertiary/aromatic N) is 1. The molecule has 5 rings (SSSR count). The Morgan fingerprint density at radius 2 is 1.76 bits per heavy atom. The molecule has 25 heavy (non-hydrogen) atoms. The first-order valence-corrected chi connectivity index (χ1v) is 9.72. The number of rotatable bonds is 2. The van der Waals surface area contributed by atoms with Crippen molar-refractivity contribution in [3.05, 3.63) is 60.2 Å². The van der Waals surface area contributed by atoms with E-state index in [2.05, 4.69) is 55.5 Å².